The normalized spacial score (nSPS) is 14.3. The van der Waals surface area contributed by atoms with Crippen molar-refractivity contribution in [3.8, 4) is 23.0 Å². The number of carbonyl (C=O) groups excluding carboxylic acids is 8. The predicted molar refractivity (Wildman–Crippen MR) is 369 cm³/mol. The summed E-state index contributed by atoms with van der Waals surface area (Å²) in [6.45, 7) is 8.79. The lowest BCUT2D eigenvalue weighted by atomic mass is 10.1. The summed E-state index contributed by atoms with van der Waals surface area (Å²) in [4.78, 5) is 145. The molecule has 8 amide bonds. The number of nitrogens with zero attached hydrogens (tertiary/aromatic N) is 10. The standard InChI is InChI=1S/C61H82N16O16S4/c1-10-94-60(95-11-2)38-18-14-24-74(38)58(84)36-28-42(90-8)44(30-40(36)76(86)87)92-26-16-20-49(78)62-22-23-63-51(80)32-64-55(81)52-67-47(34-71(52)5)69-57(83)54-68-48(35-73(54)7)70-56(82)53-66-46(33-72(53)6)65-50(79)21-17-27-93-45-31-41(77(88)89)37(29-43(45)91-9)59(85)75-25-15-19-39(75)61(96-12-3)97-13-4/h28-31,33-35,38-39,60-61H,10-27,32H2,1-9H3,(H,62,78)(H,63,80)(H,64,81)(H,65,79)(H,69,83)(H,70,82)/t38-,39-/m0/s1. The number of nitro benzene ring substituents is 2. The highest BCUT2D eigenvalue weighted by molar-refractivity contribution is 8.17. The van der Waals surface area contributed by atoms with E-state index in [9.17, 15) is 58.6 Å². The van der Waals surface area contributed by atoms with E-state index < -0.39 is 69.1 Å². The molecular formula is C61H82N16O16S4. The molecule has 36 heteroatoms. The summed E-state index contributed by atoms with van der Waals surface area (Å²) in [5, 5.41) is 40.1. The average molecular weight is 1420 g/mol. The second-order valence-corrected chi connectivity index (χ2v) is 28.2. The molecule has 0 spiro atoms. The molecule has 6 N–H and O–H groups in total. The Morgan fingerprint density at radius 2 is 0.918 bits per heavy atom. The number of amides is 8. The molecule has 2 aromatic carbocycles. The Kier molecular flexibility index (Phi) is 28.5. The molecule has 0 aliphatic carbocycles. The second kappa shape index (κ2) is 36.5. The van der Waals surface area contributed by atoms with Crippen LogP contribution in [0.4, 0.5) is 28.8 Å². The first-order chi connectivity index (χ1) is 46.5. The van der Waals surface area contributed by atoms with Crippen molar-refractivity contribution in [3.05, 3.63) is 91.7 Å². The molecule has 5 heterocycles. The molecule has 7 rings (SSSR count). The zero-order chi connectivity index (χ0) is 70.5. The minimum absolute atomic E-state index is 0.00773. The summed E-state index contributed by atoms with van der Waals surface area (Å²) in [7, 11) is 7.26. The monoisotopic (exact) mass is 1420 g/mol. The molecule has 0 radical (unpaired) electrons. The number of carbonyl (C=O) groups is 8. The van der Waals surface area contributed by atoms with Gasteiger partial charge in [0.25, 0.3) is 40.9 Å². The summed E-state index contributed by atoms with van der Waals surface area (Å²) in [5.74, 6) is -1.14. The number of nitro groups is 2. The van der Waals surface area contributed by atoms with Crippen molar-refractivity contribution >= 4 is 123 Å². The van der Waals surface area contributed by atoms with Gasteiger partial charge in [-0.1, -0.05) is 27.7 Å². The van der Waals surface area contributed by atoms with Crippen molar-refractivity contribution in [2.45, 2.75) is 100 Å². The number of aromatic nitrogens is 6. The molecule has 2 atom stereocenters. The molecule has 2 saturated heterocycles. The lowest BCUT2D eigenvalue weighted by Crippen LogP contribution is -2.41. The molecule has 2 aliphatic rings. The van der Waals surface area contributed by atoms with Gasteiger partial charge < -0.3 is 74.3 Å². The number of nitrogens with one attached hydrogen (secondary N) is 6. The van der Waals surface area contributed by atoms with Crippen molar-refractivity contribution in [1.29, 1.82) is 0 Å². The van der Waals surface area contributed by atoms with Crippen LogP contribution in [-0.4, -0.2) is 200 Å². The maximum absolute atomic E-state index is 13.9. The van der Waals surface area contributed by atoms with Gasteiger partial charge in [-0.3, -0.25) is 58.6 Å². The lowest BCUT2D eigenvalue weighted by Gasteiger charge is -2.31. The number of aryl methyl sites for hydroxylation is 3. The third-order valence-corrected chi connectivity index (χ3v) is 20.8. The minimum atomic E-state index is -0.754. The van der Waals surface area contributed by atoms with Gasteiger partial charge in [0.05, 0.1) is 77.2 Å². The largest absolute Gasteiger partial charge is 0.493 e. The number of thioether (sulfide) groups is 4. The number of benzene rings is 2. The first kappa shape index (κ1) is 75.6. The van der Waals surface area contributed by atoms with Crippen LogP contribution in [0.2, 0.25) is 0 Å². The molecule has 0 saturated carbocycles. The summed E-state index contributed by atoms with van der Waals surface area (Å²) >= 11 is 7.04. The van der Waals surface area contributed by atoms with Crippen LogP contribution in [-0.2, 0) is 35.5 Å². The third kappa shape index (κ3) is 20.2. The fourth-order valence-electron chi connectivity index (χ4n) is 10.8. The van der Waals surface area contributed by atoms with Crippen LogP contribution in [0.3, 0.4) is 0 Å². The van der Waals surface area contributed by atoms with Gasteiger partial charge in [-0.25, -0.2) is 15.0 Å². The maximum atomic E-state index is 13.9. The van der Waals surface area contributed by atoms with Crippen LogP contribution in [0.25, 0.3) is 0 Å². The number of methoxy groups -OCH3 is 2. The van der Waals surface area contributed by atoms with Gasteiger partial charge in [0.2, 0.25) is 35.2 Å². The Balaban J connectivity index is 0.802. The van der Waals surface area contributed by atoms with Crippen LogP contribution < -0.4 is 50.8 Å². The third-order valence-electron chi connectivity index (χ3n) is 15.3. The Morgan fingerprint density at radius 3 is 1.31 bits per heavy atom. The van der Waals surface area contributed by atoms with Crippen molar-refractivity contribution in [2.24, 2.45) is 21.1 Å². The predicted octanol–water partition coefficient (Wildman–Crippen LogP) is 6.72. The summed E-state index contributed by atoms with van der Waals surface area (Å²) in [6, 6.07) is 4.86. The van der Waals surface area contributed by atoms with Crippen molar-refractivity contribution in [2.75, 3.05) is 99.1 Å². The molecule has 97 heavy (non-hydrogen) atoms. The highest BCUT2D eigenvalue weighted by Crippen LogP contribution is 2.42. The van der Waals surface area contributed by atoms with E-state index >= 15 is 0 Å². The van der Waals surface area contributed by atoms with E-state index in [1.807, 2.05) is 0 Å². The summed E-state index contributed by atoms with van der Waals surface area (Å²) < 4.78 is 27.0. The van der Waals surface area contributed by atoms with Gasteiger partial charge in [0.1, 0.15) is 11.1 Å². The van der Waals surface area contributed by atoms with E-state index in [-0.39, 0.29) is 148 Å². The number of imidazole rings is 3. The second-order valence-electron chi connectivity index (χ2n) is 22.0. The van der Waals surface area contributed by atoms with Crippen LogP contribution in [0.15, 0.2) is 42.9 Å². The van der Waals surface area contributed by atoms with Gasteiger partial charge in [-0.15, -0.1) is 47.0 Å². The number of ether oxygens (including phenoxy) is 4. The van der Waals surface area contributed by atoms with E-state index in [2.05, 4.69) is 74.5 Å². The number of anilines is 3. The van der Waals surface area contributed by atoms with Gasteiger partial charge in [-0.05, 0) is 61.5 Å². The van der Waals surface area contributed by atoms with Crippen molar-refractivity contribution in [3.63, 3.8) is 0 Å². The highest BCUT2D eigenvalue weighted by atomic mass is 32.2. The van der Waals surface area contributed by atoms with Crippen LogP contribution in [0.1, 0.15) is 132 Å². The van der Waals surface area contributed by atoms with E-state index in [0.29, 0.717) is 13.1 Å². The molecular weight excluding hydrogens is 1340 g/mol. The fourth-order valence-corrected chi connectivity index (χ4v) is 16.6. The molecule has 526 valence electrons. The number of rotatable bonds is 37. The lowest BCUT2D eigenvalue weighted by molar-refractivity contribution is -0.385. The Labute approximate surface area is 577 Å². The number of likely N-dealkylation sites (tertiary alicyclic amines) is 2. The zero-order valence-corrected chi connectivity index (χ0v) is 58.7. The highest BCUT2D eigenvalue weighted by Gasteiger charge is 2.40. The van der Waals surface area contributed by atoms with E-state index in [1.54, 1.807) is 56.8 Å². The van der Waals surface area contributed by atoms with Gasteiger partial charge in [0.15, 0.2) is 40.5 Å². The topological polar surface area (TPSA) is 392 Å². The Hall–Kier alpha value is -8.77. The van der Waals surface area contributed by atoms with E-state index in [1.165, 1.54) is 91.9 Å². The number of hydrogen-bond acceptors (Lipinski definition) is 23. The molecule has 0 bridgehead atoms. The zero-order valence-electron chi connectivity index (χ0n) is 55.4. The van der Waals surface area contributed by atoms with Crippen molar-refractivity contribution < 1.29 is 67.2 Å². The minimum Gasteiger partial charge on any atom is -0.493 e. The molecule has 2 aliphatic heterocycles. The fraction of sp³-hybridized carbons (Fsp3) is 0.525. The molecule has 3 aromatic heterocycles. The molecule has 5 aromatic rings. The first-order valence-corrected chi connectivity index (χ1v) is 35.6. The Bertz CT molecular complexity index is 3670. The van der Waals surface area contributed by atoms with Gasteiger partial charge in [0, 0.05) is 90.9 Å². The van der Waals surface area contributed by atoms with Crippen LogP contribution >= 0.6 is 47.0 Å². The van der Waals surface area contributed by atoms with Crippen molar-refractivity contribution in [1.82, 2.24) is 54.4 Å². The number of hydrogen-bond donors (Lipinski definition) is 6. The SMILES string of the molecule is CCSC(SCC)[C@@H]1CCCN1C(=O)c1cc(OC)c(OCCCC(=O)NCCNC(=O)CNC(=O)c2nc(NC(=O)c3nc(NC(=O)c4nc(NC(=O)CCCOc5cc([N+](=O)[O-])c(C(=O)N6CCC[C@H]6C(SCC)SCC)cc5OC)cn4C)cn3C)cn2C)cc1[N+](=O)[O-]. The summed E-state index contributed by atoms with van der Waals surface area (Å²) in [6.07, 6.45) is 7.67. The maximum Gasteiger partial charge on any atom is 0.292 e. The quantitative estimate of drug-likeness (QED) is 0.0104. The smallest absolute Gasteiger partial charge is 0.292 e. The van der Waals surface area contributed by atoms with Crippen LogP contribution in [0, 0.1) is 20.2 Å². The Morgan fingerprint density at radius 1 is 0.536 bits per heavy atom. The average Bonchev–Trinajstić information content (AvgIpc) is 1.47. The molecule has 2 fully saturated rings. The van der Waals surface area contributed by atoms with Crippen LogP contribution in [0.5, 0.6) is 23.0 Å². The van der Waals surface area contributed by atoms with Gasteiger partial charge >= 0.3 is 0 Å². The van der Waals surface area contributed by atoms with E-state index in [4.69, 9.17) is 18.9 Å². The first-order valence-electron chi connectivity index (χ1n) is 31.5. The van der Waals surface area contributed by atoms with E-state index in [0.717, 1.165) is 48.7 Å². The van der Waals surface area contributed by atoms with Gasteiger partial charge in [-0.2, -0.15) is 0 Å². The summed E-state index contributed by atoms with van der Waals surface area (Å²) in [5.41, 5.74) is -1.03. The molecule has 32 nitrogen and oxygen atoms in total. The molecule has 0 unspecified atom stereocenters.